The van der Waals surface area contributed by atoms with Gasteiger partial charge in [-0.3, -0.25) is 24.1 Å². The molecule has 2 amide bonds. The van der Waals surface area contributed by atoms with E-state index in [4.69, 9.17) is 9.47 Å². The Morgan fingerprint density at radius 1 is 1.00 bits per heavy atom. The van der Waals surface area contributed by atoms with Crippen molar-refractivity contribution < 1.29 is 28.7 Å². The number of Topliss-reactive ketones (excluding diaryl/α,β-unsaturated/α-hetero) is 1. The van der Waals surface area contributed by atoms with Crippen molar-refractivity contribution in [2.45, 2.75) is 6.42 Å². The highest BCUT2D eigenvalue weighted by Gasteiger charge is 2.67. The molecule has 150 valence electrons. The number of rotatable bonds is 6. The van der Waals surface area contributed by atoms with E-state index in [0.717, 1.165) is 11.3 Å². The van der Waals surface area contributed by atoms with E-state index in [1.165, 1.54) is 7.11 Å². The number of hydrogen-bond acceptors (Lipinski definition) is 6. The van der Waals surface area contributed by atoms with Crippen LogP contribution >= 0.6 is 0 Å². The highest BCUT2D eigenvalue weighted by Crippen LogP contribution is 2.65. The van der Waals surface area contributed by atoms with Crippen LogP contribution in [0.4, 0.5) is 0 Å². The maximum atomic E-state index is 12.8. The van der Waals surface area contributed by atoms with Crippen LogP contribution in [-0.4, -0.2) is 48.7 Å². The number of hydrogen-bond donors (Lipinski definition) is 0. The number of carbonyl (C=O) groups is 4. The monoisotopic (exact) mass is 395 g/mol. The van der Waals surface area contributed by atoms with Gasteiger partial charge in [-0.1, -0.05) is 12.2 Å². The van der Waals surface area contributed by atoms with Crippen LogP contribution in [-0.2, 0) is 19.1 Å². The zero-order valence-electron chi connectivity index (χ0n) is 15.9. The maximum absolute atomic E-state index is 12.8. The van der Waals surface area contributed by atoms with Crippen molar-refractivity contribution in [3.8, 4) is 5.75 Å². The Hall–Kier alpha value is -2.96. The van der Waals surface area contributed by atoms with Crippen LogP contribution in [0.3, 0.4) is 0 Å². The third-order valence-corrected chi connectivity index (χ3v) is 6.82. The summed E-state index contributed by atoms with van der Waals surface area (Å²) in [4.78, 5) is 51.1. The second-order valence-corrected chi connectivity index (χ2v) is 8.23. The third kappa shape index (κ3) is 2.79. The molecule has 1 saturated heterocycles. The minimum Gasteiger partial charge on any atom is -0.497 e. The van der Waals surface area contributed by atoms with Crippen molar-refractivity contribution in [2.24, 2.45) is 35.5 Å². The first-order valence-electron chi connectivity index (χ1n) is 9.86. The molecule has 0 spiro atoms. The standard InChI is InChI=1S/C22H21NO6/c1-28-12-4-2-11(3-5-12)17(24)10-29-18(25)9-23-21(26)19-13-6-7-14(16-8-15(13)16)20(19)22(23)27/h2-7,13-16,19-20H,8-10H2,1H3/t13-,14-,15-,16-,19+,20+/m1/s1. The SMILES string of the molecule is COc1ccc(C(=O)COC(=O)CN2C(=O)[C@H]3[C@@H]4C=C[C@H]([C@H]5C[C@H]45)[C@@H]3C2=O)cc1. The lowest BCUT2D eigenvalue weighted by Crippen LogP contribution is -2.40. The normalized spacial score (nSPS) is 33.3. The molecule has 0 unspecified atom stereocenters. The molecule has 1 aliphatic heterocycles. The average Bonchev–Trinajstić information content (AvgIpc) is 3.53. The summed E-state index contributed by atoms with van der Waals surface area (Å²) in [5.74, 6) is -0.473. The highest BCUT2D eigenvalue weighted by molar-refractivity contribution is 6.08. The van der Waals surface area contributed by atoms with Gasteiger partial charge < -0.3 is 9.47 Å². The van der Waals surface area contributed by atoms with E-state index >= 15 is 0 Å². The number of allylic oxidation sites excluding steroid dienone is 2. The van der Waals surface area contributed by atoms with Gasteiger partial charge in [0.25, 0.3) is 0 Å². The van der Waals surface area contributed by atoms with Gasteiger partial charge >= 0.3 is 5.97 Å². The molecule has 0 radical (unpaired) electrons. The Labute approximate surface area is 167 Å². The van der Waals surface area contributed by atoms with Crippen LogP contribution in [0.1, 0.15) is 16.8 Å². The molecule has 1 aromatic carbocycles. The van der Waals surface area contributed by atoms with Crippen LogP contribution in [0.5, 0.6) is 5.75 Å². The molecule has 2 bridgehead atoms. The minimum absolute atomic E-state index is 0.115. The topological polar surface area (TPSA) is 90.0 Å². The molecule has 6 atom stereocenters. The van der Waals surface area contributed by atoms with Gasteiger partial charge in [0.15, 0.2) is 12.4 Å². The second-order valence-electron chi connectivity index (χ2n) is 8.23. The predicted molar refractivity (Wildman–Crippen MR) is 99.7 cm³/mol. The van der Waals surface area contributed by atoms with E-state index in [1.807, 2.05) is 0 Å². The van der Waals surface area contributed by atoms with Gasteiger partial charge in [-0.05, 0) is 54.4 Å². The fourth-order valence-electron chi connectivity index (χ4n) is 5.36. The molecule has 4 aliphatic carbocycles. The number of carbonyl (C=O) groups excluding carboxylic acids is 4. The minimum atomic E-state index is -0.752. The molecule has 1 aromatic rings. The predicted octanol–water partition coefficient (Wildman–Crippen LogP) is 1.47. The fraction of sp³-hybridized carbons (Fsp3) is 0.455. The highest BCUT2D eigenvalue weighted by atomic mass is 16.5. The first-order chi connectivity index (χ1) is 14.0. The summed E-state index contributed by atoms with van der Waals surface area (Å²) in [7, 11) is 1.53. The first-order valence-corrected chi connectivity index (χ1v) is 9.86. The lowest BCUT2D eigenvalue weighted by molar-refractivity contribution is -0.152. The molecular formula is C22H21NO6. The van der Waals surface area contributed by atoms with Crippen LogP contribution in [0.25, 0.3) is 0 Å². The molecule has 1 heterocycles. The van der Waals surface area contributed by atoms with Crippen molar-refractivity contribution in [1.82, 2.24) is 4.90 Å². The summed E-state index contributed by atoms with van der Waals surface area (Å²) in [5, 5.41) is 0. The van der Waals surface area contributed by atoms with E-state index in [9.17, 15) is 19.2 Å². The number of ketones is 1. The summed E-state index contributed by atoms with van der Waals surface area (Å²) >= 11 is 0. The van der Waals surface area contributed by atoms with Gasteiger partial charge in [-0.2, -0.15) is 0 Å². The largest absolute Gasteiger partial charge is 0.497 e. The summed E-state index contributed by atoms with van der Waals surface area (Å²) in [6.45, 7) is -0.874. The zero-order valence-corrected chi connectivity index (χ0v) is 15.9. The van der Waals surface area contributed by atoms with Gasteiger partial charge in [0.2, 0.25) is 11.8 Å². The molecule has 2 saturated carbocycles. The molecule has 5 aliphatic rings. The first kappa shape index (κ1) is 18.1. The number of benzene rings is 1. The zero-order chi connectivity index (χ0) is 20.3. The molecule has 7 nitrogen and oxygen atoms in total. The van der Waals surface area contributed by atoms with Gasteiger partial charge in [0.1, 0.15) is 12.3 Å². The smallest absolute Gasteiger partial charge is 0.326 e. The summed E-state index contributed by atoms with van der Waals surface area (Å²) in [6.07, 6.45) is 5.26. The summed E-state index contributed by atoms with van der Waals surface area (Å²) in [6, 6.07) is 6.46. The third-order valence-electron chi connectivity index (χ3n) is 6.82. The molecular weight excluding hydrogens is 374 g/mol. The van der Waals surface area contributed by atoms with Crippen molar-refractivity contribution in [1.29, 1.82) is 0 Å². The number of nitrogens with zero attached hydrogens (tertiary/aromatic N) is 1. The number of ether oxygens (including phenoxy) is 2. The van der Waals surface area contributed by atoms with Gasteiger partial charge in [-0.25, -0.2) is 0 Å². The van der Waals surface area contributed by atoms with Crippen LogP contribution in [0.2, 0.25) is 0 Å². The van der Waals surface area contributed by atoms with E-state index in [-0.39, 0.29) is 41.3 Å². The lowest BCUT2D eigenvalue weighted by atomic mass is 9.63. The van der Waals surface area contributed by atoms with Crippen LogP contribution < -0.4 is 4.74 Å². The van der Waals surface area contributed by atoms with E-state index in [0.29, 0.717) is 23.1 Å². The van der Waals surface area contributed by atoms with E-state index < -0.39 is 19.1 Å². The Morgan fingerprint density at radius 3 is 2.14 bits per heavy atom. The Balaban J connectivity index is 1.20. The van der Waals surface area contributed by atoms with Gasteiger partial charge in [-0.15, -0.1) is 0 Å². The lowest BCUT2D eigenvalue weighted by Gasteiger charge is -2.37. The molecule has 0 aromatic heterocycles. The van der Waals surface area contributed by atoms with E-state index in [2.05, 4.69) is 12.2 Å². The van der Waals surface area contributed by atoms with Gasteiger partial charge in [0.05, 0.1) is 18.9 Å². The number of amides is 2. The Kier molecular flexibility index (Phi) is 4.08. The molecule has 29 heavy (non-hydrogen) atoms. The molecule has 7 heteroatoms. The maximum Gasteiger partial charge on any atom is 0.326 e. The average molecular weight is 395 g/mol. The van der Waals surface area contributed by atoms with Crippen molar-refractivity contribution in [3.63, 3.8) is 0 Å². The summed E-state index contributed by atoms with van der Waals surface area (Å²) < 4.78 is 10.1. The molecule has 3 fully saturated rings. The number of methoxy groups -OCH3 is 1. The Morgan fingerprint density at radius 2 is 1.59 bits per heavy atom. The molecule has 6 rings (SSSR count). The fourth-order valence-corrected chi connectivity index (χ4v) is 5.36. The van der Waals surface area contributed by atoms with Crippen LogP contribution in [0.15, 0.2) is 36.4 Å². The summed E-state index contributed by atoms with van der Waals surface area (Å²) in [5.41, 5.74) is 0.389. The van der Waals surface area contributed by atoms with Crippen molar-refractivity contribution >= 4 is 23.6 Å². The second kappa shape index (κ2) is 6.54. The molecule has 0 N–H and O–H groups in total. The number of likely N-dealkylation sites (tertiary alicyclic amines) is 1. The van der Waals surface area contributed by atoms with Crippen LogP contribution in [0, 0.1) is 35.5 Å². The van der Waals surface area contributed by atoms with Gasteiger partial charge in [0, 0.05) is 5.56 Å². The van der Waals surface area contributed by atoms with Crippen molar-refractivity contribution in [2.75, 3.05) is 20.3 Å². The number of imide groups is 1. The van der Waals surface area contributed by atoms with Crippen molar-refractivity contribution in [3.05, 3.63) is 42.0 Å². The van der Waals surface area contributed by atoms with E-state index in [1.54, 1.807) is 24.3 Å². The Bertz CT molecular complexity index is 899. The number of esters is 1. The quantitative estimate of drug-likeness (QED) is 0.314.